The van der Waals surface area contributed by atoms with Crippen LogP contribution in [0.15, 0.2) is 24.0 Å². The summed E-state index contributed by atoms with van der Waals surface area (Å²) in [6, 6.07) is 0. The van der Waals surface area contributed by atoms with Gasteiger partial charge in [-0.25, -0.2) is 4.98 Å². The third kappa shape index (κ3) is 3.96. The maximum absolute atomic E-state index is 12.7. The molecule has 1 N–H and O–H groups in total. The third-order valence-electron chi connectivity index (χ3n) is 6.19. The molecule has 1 spiro atoms. The summed E-state index contributed by atoms with van der Waals surface area (Å²) in [6.45, 7) is 2.02. The second kappa shape index (κ2) is 7.51. The first kappa shape index (κ1) is 19.4. The Bertz CT molecular complexity index is 728. The van der Waals surface area contributed by atoms with E-state index in [-0.39, 0.29) is 43.5 Å². The van der Waals surface area contributed by atoms with Gasteiger partial charge in [-0.2, -0.15) is 13.2 Å². The van der Waals surface area contributed by atoms with Gasteiger partial charge in [0.25, 0.3) is 0 Å². The molecular formula is C19H25F3N4O2. The third-order valence-corrected chi connectivity index (χ3v) is 6.19. The zero-order valence-electron chi connectivity index (χ0n) is 15.7. The number of imidazole rings is 1. The highest BCUT2D eigenvalue weighted by Crippen LogP contribution is 2.41. The van der Waals surface area contributed by atoms with Crippen LogP contribution in [-0.4, -0.2) is 69.7 Å². The van der Waals surface area contributed by atoms with Gasteiger partial charge in [0.05, 0.1) is 25.7 Å². The monoisotopic (exact) mass is 398 g/mol. The Labute approximate surface area is 161 Å². The number of H-pyrrole nitrogens is 1. The van der Waals surface area contributed by atoms with Gasteiger partial charge >= 0.3 is 6.18 Å². The van der Waals surface area contributed by atoms with E-state index < -0.39 is 11.7 Å². The SMILES string of the molecule is O=C(CC1CN(Cc2ncc[nH]2)C2(CCC2)CO1)N1CC=C(C(F)(F)F)CC1. The first-order chi connectivity index (χ1) is 13.4. The van der Waals surface area contributed by atoms with Crippen molar-refractivity contribution in [2.24, 2.45) is 0 Å². The van der Waals surface area contributed by atoms with Gasteiger partial charge in [0, 0.05) is 43.1 Å². The largest absolute Gasteiger partial charge is 0.412 e. The van der Waals surface area contributed by atoms with E-state index in [9.17, 15) is 18.0 Å². The Morgan fingerprint density at radius 1 is 1.39 bits per heavy atom. The molecule has 0 aromatic carbocycles. The van der Waals surface area contributed by atoms with Gasteiger partial charge in [-0.05, 0) is 25.7 Å². The van der Waals surface area contributed by atoms with Crippen molar-refractivity contribution >= 4 is 5.91 Å². The van der Waals surface area contributed by atoms with E-state index in [1.807, 2.05) is 0 Å². The maximum Gasteiger partial charge on any atom is 0.412 e. The summed E-state index contributed by atoms with van der Waals surface area (Å²) in [5.41, 5.74) is -0.510. The van der Waals surface area contributed by atoms with Gasteiger partial charge in [-0.3, -0.25) is 9.69 Å². The second-order valence-corrected chi connectivity index (χ2v) is 7.95. The van der Waals surface area contributed by atoms with E-state index in [1.54, 1.807) is 12.4 Å². The number of halogens is 3. The highest BCUT2D eigenvalue weighted by Gasteiger charge is 2.47. The lowest BCUT2D eigenvalue weighted by molar-refractivity contribution is -0.158. The maximum atomic E-state index is 12.7. The van der Waals surface area contributed by atoms with Crippen molar-refractivity contribution in [1.29, 1.82) is 0 Å². The normalized spacial score (nSPS) is 25.5. The number of carbonyl (C=O) groups is 1. The highest BCUT2D eigenvalue weighted by atomic mass is 19.4. The first-order valence-corrected chi connectivity index (χ1v) is 9.75. The van der Waals surface area contributed by atoms with Crippen LogP contribution >= 0.6 is 0 Å². The number of aromatic nitrogens is 2. The van der Waals surface area contributed by atoms with Crippen molar-refractivity contribution in [3.8, 4) is 0 Å². The Hall–Kier alpha value is -1.87. The van der Waals surface area contributed by atoms with Crippen LogP contribution in [0.25, 0.3) is 0 Å². The van der Waals surface area contributed by atoms with Crippen molar-refractivity contribution < 1.29 is 22.7 Å². The van der Waals surface area contributed by atoms with Gasteiger partial charge in [-0.1, -0.05) is 6.08 Å². The number of nitrogens with one attached hydrogen (secondary N) is 1. The van der Waals surface area contributed by atoms with Crippen LogP contribution in [0.5, 0.6) is 0 Å². The molecule has 3 heterocycles. The van der Waals surface area contributed by atoms with Crippen LogP contribution in [0.1, 0.15) is 37.9 Å². The average Bonchev–Trinajstić information content (AvgIpc) is 3.13. The van der Waals surface area contributed by atoms with E-state index in [0.717, 1.165) is 24.7 Å². The molecule has 1 aromatic heterocycles. The number of carbonyl (C=O) groups excluding carboxylic acids is 1. The molecule has 2 aliphatic heterocycles. The quantitative estimate of drug-likeness (QED) is 0.793. The standard InChI is InChI=1S/C19H25F3N4O2/c20-19(21,22)14-2-8-25(9-3-14)17(27)10-15-11-26(12-16-23-6-7-24-16)18(13-28-15)4-1-5-18/h2,6-7,15H,1,3-5,8-13H2,(H,23,24). The molecule has 9 heteroatoms. The molecule has 28 heavy (non-hydrogen) atoms. The van der Waals surface area contributed by atoms with Crippen molar-refractivity contribution in [2.75, 3.05) is 26.2 Å². The minimum atomic E-state index is -4.30. The first-order valence-electron chi connectivity index (χ1n) is 9.75. The number of rotatable bonds is 4. The van der Waals surface area contributed by atoms with Crippen LogP contribution in [0.3, 0.4) is 0 Å². The summed E-state index contributed by atoms with van der Waals surface area (Å²) in [5.74, 6) is 0.740. The average molecular weight is 398 g/mol. The fourth-order valence-corrected chi connectivity index (χ4v) is 4.30. The zero-order chi connectivity index (χ0) is 19.8. The van der Waals surface area contributed by atoms with Crippen LogP contribution in [0, 0.1) is 0 Å². The fraction of sp³-hybridized carbons (Fsp3) is 0.684. The lowest BCUT2D eigenvalue weighted by atomic mass is 9.74. The van der Waals surface area contributed by atoms with Crippen LogP contribution < -0.4 is 0 Å². The Morgan fingerprint density at radius 2 is 2.21 bits per heavy atom. The number of nitrogens with zero attached hydrogens (tertiary/aromatic N) is 3. The summed E-state index contributed by atoms with van der Waals surface area (Å²) in [7, 11) is 0. The lowest BCUT2D eigenvalue weighted by Gasteiger charge is -2.54. The minimum absolute atomic E-state index is 0.0143. The summed E-state index contributed by atoms with van der Waals surface area (Å²) >= 11 is 0. The minimum Gasteiger partial charge on any atom is -0.374 e. The molecule has 0 radical (unpaired) electrons. The van der Waals surface area contributed by atoms with E-state index in [1.165, 1.54) is 11.3 Å². The molecule has 2 fully saturated rings. The number of hydrogen-bond donors (Lipinski definition) is 1. The van der Waals surface area contributed by atoms with Crippen molar-refractivity contribution in [3.63, 3.8) is 0 Å². The van der Waals surface area contributed by atoms with Gasteiger partial charge in [-0.15, -0.1) is 0 Å². The van der Waals surface area contributed by atoms with Crippen molar-refractivity contribution in [1.82, 2.24) is 19.8 Å². The van der Waals surface area contributed by atoms with Gasteiger partial charge in [0.1, 0.15) is 5.82 Å². The summed E-state index contributed by atoms with van der Waals surface area (Å²) in [6.07, 6.45) is 3.46. The van der Waals surface area contributed by atoms with E-state index >= 15 is 0 Å². The van der Waals surface area contributed by atoms with Gasteiger partial charge in [0.15, 0.2) is 0 Å². The van der Waals surface area contributed by atoms with Crippen LogP contribution in [0.2, 0.25) is 0 Å². The molecule has 6 nitrogen and oxygen atoms in total. The zero-order valence-corrected chi connectivity index (χ0v) is 15.7. The van der Waals surface area contributed by atoms with Crippen molar-refractivity contribution in [3.05, 3.63) is 29.9 Å². The molecule has 1 saturated heterocycles. The molecule has 1 aromatic rings. The molecule has 154 valence electrons. The van der Waals surface area contributed by atoms with Crippen LogP contribution in [0.4, 0.5) is 13.2 Å². The number of amides is 1. The molecule has 1 amide bonds. The number of aromatic amines is 1. The number of ether oxygens (including phenoxy) is 1. The summed E-state index contributed by atoms with van der Waals surface area (Å²) in [4.78, 5) is 23.9. The smallest absolute Gasteiger partial charge is 0.374 e. The predicted molar refractivity (Wildman–Crippen MR) is 95.3 cm³/mol. The molecule has 1 atom stereocenters. The van der Waals surface area contributed by atoms with E-state index in [2.05, 4.69) is 14.9 Å². The molecule has 3 aliphatic rings. The van der Waals surface area contributed by atoms with Crippen LogP contribution in [-0.2, 0) is 16.1 Å². The molecule has 4 rings (SSSR count). The molecule has 1 aliphatic carbocycles. The topological polar surface area (TPSA) is 61.5 Å². The van der Waals surface area contributed by atoms with E-state index in [4.69, 9.17) is 4.74 Å². The highest BCUT2D eigenvalue weighted by molar-refractivity contribution is 5.77. The Balaban J connectivity index is 1.35. The summed E-state index contributed by atoms with van der Waals surface area (Å²) < 4.78 is 44.2. The molecule has 1 unspecified atom stereocenters. The number of alkyl halides is 3. The Morgan fingerprint density at radius 3 is 2.79 bits per heavy atom. The molecular weight excluding hydrogens is 373 g/mol. The number of morpholine rings is 1. The fourth-order valence-electron chi connectivity index (χ4n) is 4.30. The van der Waals surface area contributed by atoms with Crippen molar-refractivity contribution in [2.45, 2.75) is 56.5 Å². The lowest BCUT2D eigenvalue weighted by Crippen LogP contribution is -2.63. The van der Waals surface area contributed by atoms with Gasteiger partial charge < -0.3 is 14.6 Å². The molecule has 0 bridgehead atoms. The summed E-state index contributed by atoms with van der Waals surface area (Å²) in [5, 5.41) is 0. The molecule has 1 saturated carbocycles. The Kier molecular flexibility index (Phi) is 5.22. The van der Waals surface area contributed by atoms with Gasteiger partial charge in [0.2, 0.25) is 5.91 Å². The van der Waals surface area contributed by atoms with E-state index in [0.29, 0.717) is 19.7 Å². The second-order valence-electron chi connectivity index (χ2n) is 7.95. The number of hydrogen-bond acceptors (Lipinski definition) is 4. The predicted octanol–water partition coefficient (Wildman–Crippen LogP) is 2.64.